The number of aromatic nitrogens is 4. The van der Waals surface area contributed by atoms with Crippen LogP contribution in [0, 0.1) is 0 Å². The van der Waals surface area contributed by atoms with E-state index in [0.29, 0.717) is 16.7 Å². The predicted octanol–water partition coefficient (Wildman–Crippen LogP) is 8.06. The van der Waals surface area contributed by atoms with Crippen LogP contribution >= 0.6 is 0 Å². The van der Waals surface area contributed by atoms with Gasteiger partial charge < -0.3 is 5.32 Å². The molecule has 0 saturated carbocycles. The number of rotatable bonds is 7. The van der Waals surface area contributed by atoms with Crippen molar-refractivity contribution < 1.29 is 26.3 Å². The molecule has 0 aliphatic rings. The normalized spacial score (nSPS) is 13.0. The van der Waals surface area contributed by atoms with Crippen molar-refractivity contribution in [2.24, 2.45) is 0 Å². The van der Waals surface area contributed by atoms with Gasteiger partial charge in [0.15, 0.2) is 0 Å². The molecule has 216 valence electrons. The van der Waals surface area contributed by atoms with E-state index in [1.165, 1.54) is 30.5 Å². The highest BCUT2D eigenvalue weighted by Crippen LogP contribution is 2.37. The lowest BCUT2D eigenvalue weighted by atomic mass is 10.0. The Labute approximate surface area is 237 Å². The zero-order valence-corrected chi connectivity index (χ0v) is 22.4. The van der Waals surface area contributed by atoms with Gasteiger partial charge in [-0.2, -0.15) is 26.3 Å². The summed E-state index contributed by atoms with van der Waals surface area (Å²) in [6.45, 7) is 2.29. The maximum atomic E-state index is 13.7. The van der Waals surface area contributed by atoms with E-state index >= 15 is 0 Å². The third-order valence-corrected chi connectivity index (χ3v) is 6.78. The topological polar surface area (TPSA) is 66.8 Å². The van der Waals surface area contributed by atoms with E-state index in [0.717, 1.165) is 23.9 Å². The van der Waals surface area contributed by atoms with Crippen molar-refractivity contribution in [3.8, 4) is 11.3 Å². The van der Waals surface area contributed by atoms with Crippen molar-refractivity contribution in [3.05, 3.63) is 108 Å². The summed E-state index contributed by atoms with van der Waals surface area (Å²) in [4.78, 5) is 18.8. The first kappa shape index (κ1) is 28.9. The summed E-state index contributed by atoms with van der Waals surface area (Å²) in [6.07, 6.45) is -6.89. The van der Waals surface area contributed by atoms with Crippen LogP contribution in [0.5, 0.6) is 0 Å². The largest absolute Gasteiger partial charge is 0.433 e. The Balaban J connectivity index is 1.57. The summed E-state index contributed by atoms with van der Waals surface area (Å²) in [5.41, 5.74) is -0.335. The Morgan fingerprint density at radius 3 is 2.26 bits per heavy atom. The van der Waals surface area contributed by atoms with E-state index in [-0.39, 0.29) is 35.3 Å². The molecule has 3 heterocycles. The van der Waals surface area contributed by atoms with Gasteiger partial charge in [0, 0.05) is 23.2 Å². The average molecular weight is 583 g/mol. The number of nitrogens with one attached hydrogen (secondary N) is 1. The van der Waals surface area contributed by atoms with E-state index in [4.69, 9.17) is 0 Å². The first-order valence-electron chi connectivity index (χ1n) is 12.8. The highest BCUT2D eigenvalue weighted by atomic mass is 19.4. The lowest BCUT2D eigenvalue weighted by molar-refractivity contribution is -0.141. The van der Waals surface area contributed by atoms with Crippen molar-refractivity contribution >= 4 is 22.4 Å². The molecule has 0 amide bonds. The SMILES string of the molecule is CC(c1ccccc1)N(C)Cc1nc(Nc2ccc(C(F)(F)F)nc2)c2ccc(-c3ncccc3C(F)(F)F)cc2n1. The Bertz CT molecular complexity index is 1690. The summed E-state index contributed by atoms with van der Waals surface area (Å²) >= 11 is 0. The number of fused-ring (bicyclic) bond motifs is 1. The summed E-state index contributed by atoms with van der Waals surface area (Å²) in [7, 11) is 1.89. The van der Waals surface area contributed by atoms with E-state index < -0.39 is 23.6 Å². The molecule has 5 rings (SSSR count). The summed E-state index contributed by atoms with van der Waals surface area (Å²) in [5, 5.41) is 3.45. The van der Waals surface area contributed by atoms with Gasteiger partial charge in [0.05, 0.1) is 35.2 Å². The lowest BCUT2D eigenvalue weighted by Crippen LogP contribution is -2.23. The van der Waals surface area contributed by atoms with E-state index in [2.05, 4.69) is 25.3 Å². The van der Waals surface area contributed by atoms with Crippen LogP contribution in [-0.2, 0) is 18.9 Å². The maximum Gasteiger partial charge on any atom is 0.433 e. The lowest BCUT2D eigenvalue weighted by Gasteiger charge is -2.24. The molecule has 3 aromatic heterocycles. The number of nitrogens with zero attached hydrogens (tertiary/aromatic N) is 5. The molecular formula is C30H24F6N6. The van der Waals surface area contributed by atoms with Gasteiger partial charge in [-0.15, -0.1) is 0 Å². The van der Waals surface area contributed by atoms with E-state index in [9.17, 15) is 26.3 Å². The van der Waals surface area contributed by atoms with Gasteiger partial charge in [-0.1, -0.05) is 36.4 Å². The maximum absolute atomic E-state index is 13.7. The number of anilines is 2. The molecule has 1 atom stereocenters. The molecule has 5 aromatic rings. The molecule has 2 aromatic carbocycles. The van der Waals surface area contributed by atoms with Crippen LogP contribution in [0.1, 0.15) is 35.6 Å². The van der Waals surface area contributed by atoms with Crippen molar-refractivity contribution in [2.75, 3.05) is 12.4 Å². The fraction of sp³-hybridized carbons (Fsp3) is 0.200. The molecular weight excluding hydrogens is 558 g/mol. The second-order valence-corrected chi connectivity index (χ2v) is 9.67. The van der Waals surface area contributed by atoms with Crippen molar-refractivity contribution in [2.45, 2.75) is 31.9 Å². The summed E-state index contributed by atoms with van der Waals surface area (Å²) in [5.74, 6) is 0.616. The van der Waals surface area contributed by atoms with Crippen LogP contribution in [0.15, 0.2) is 85.2 Å². The van der Waals surface area contributed by atoms with E-state index in [1.807, 2.05) is 49.2 Å². The van der Waals surface area contributed by atoms with Gasteiger partial charge in [0.2, 0.25) is 0 Å². The van der Waals surface area contributed by atoms with Crippen molar-refractivity contribution in [3.63, 3.8) is 0 Å². The number of hydrogen-bond donors (Lipinski definition) is 1. The Hall–Kier alpha value is -4.58. The first-order valence-corrected chi connectivity index (χ1v) is 12.8. The zero-order chi connectivity index (χ0) is 30.1. The minimum absolute atomic E-state index is 0.0183. The molecule has 0 radical (unpaired) electrons. The molecule has 42 heavy (non-hydrogen) atoms. The van der Waals surface area contributed by atoms with Gasteiger partial charge in [-0.05, 0) is 55.9 Å². The third kappa shape index (κ3) is 6.33. The molecule has 0 saturated heterocycles. The van der Waals surface area contributed by atoms with Crippen molar-refractivity contribution in [1.82, 2.24) is 24.8 Å². The van der Waals surface area contributed by atoms with Crippen LogP contribution in [0.2, 0.25) is 0 Å². The first-order chi connectivity index (χ1) is 19.9. The standard InChI is InChI=1S/C30H24F6N6/c1-18(19-7-4-3-5-8-19)42(2)17-26-40-24-15-20(27-23(29(31,32)33)9-6-14-37-27)10-12-22(24)28(41-26)39-21-11-13-25(38-16-21)30(34,35)36/h3-16,18H,17H2,1-2H3,(H,39,40,41). The number of alkyl halides is 6. The monoisotopic (exact) mass is 582 g/mol. The Morgan fingerprint density at radius 1 is 0.833 bits per heavy atom. The molecule has 0 aliphatic carbocycles. The number of pyridine rings is 2. The molecule has 0 aliphatic heterocycles. The highest BCUT2D eigenvalue weighted by molar-refractivity contribution is 5.93. The van der Waals surface area contributed by atoms with Gasteiger partial charge in [0.25, 0.3) is 0 Å². The average Bonchev–Trinajstić information content (AvgIpc) is 2.96. The zero-order valence-electron chi connectivity index (χ0n) is 22.4. The van der Waals surface area contributed by atoms with Gasteiger partial charge in [-0.3, -0.25) is 9.88 Å². The van der Waals surface area contributed by atoms with Gasteiger partial charge in [-0.25, -0.2) is 15.0 Å². The molecule has 0 bridgehead atoms. The second-order valence-electron chi connectivity index (χ2n) is 9.67. The van der Waals surface area contributed by atoms with Gasteiger partial charge in [0.1, 0.15) is 17.3 Å². The molecule has 1 N–H and O–H groups in total. The Kier molecular flexibility index (Phi) is 7.83. The third-order valence-electron chi connectivity index (χ3n) is 6.78. The smallest absolute Gasteiger partial charge is 0.338 e. The van der Waals surface area contributed by atoms with Gasteiger partial charge >= 0.3 is 12.4 Å². The fourth-order valence-electron chi connectivity index (χ4n) is 4.47. The Morgan fingerprint density at radius 2 is 1.60 bits per heavy atom. The predicted molar refractivity (Wildman–Crippen MR) is 147 cm³/mol. The van der Waals surface area contributed by atoms with Crippen molar-refractivity contribution in [1.29, 1.82) is 0 Å². The fourth-order valence-corrected chi connectivity index (χ4v) is 4.47. The number of hydrogen-bond acceptors (Lipinski definition) is 6. The van der Waals surface area contributed by atoms with Crippen LogP contribution in [0.3, 0.4) is 0 Å². The van der Waals surface area contributed by atoms with Crippen LogP contribution in [0.4, 0.5) is 37.8 Å². The second kappa shape index (κ2) is 11.4. The molecule has 1 unspecified atom stereocenters. The van der Waals surface area contributed by atoms with Crippen LogP contribution in [0.25, 0.3) is 22.2 Å². The van der Waals surface area contributed by atoms with E-state index in [1.54, 1.807) is 6.07 Å². The van der Waals surface area contributed by atoms with Crippen LogP contribution < -0.4 is 5.32 Å². The minimum Gasteiger partial charge on any atom is -0.338 e. The minimum atomic E-state index is -4.62. The summed E-state index contributed by atoms with van der Waals surface area (Å²) < 4.78 is 80.2. The molecule has 0 fully saturated rings. The molecule has 0 spiro atoms. The number of benzene rings is 2. The van der Waals surface area contributed by atoms with Crippen LogP contribution in [-0.4, -0.2) is 31.9 Å². The molecule has 6 nitrogen and oxygen atoms in total. The number of halogens is 6. The summed E-state index contributed by atoms with van der Waals surface area (Å²) in [6, 6.07) is 18.5. The highest BCUT2D eigenvalue weighted by Gasteiger charge is 2.34. The molecule has 12 heteroatoms. The quantitative estimate of drug-likeness (QED) is 0.196.